The second-order valence-corrected chi connectivity index (χ2v) is 4.20. The maximum absolute atomic E-state index is 6.21. The number of nitrogens with zero attached hydrogens (tertiary/aromatic N) is 1. The average molecular weight is 253 g/mol. The van der Waals surface area contributed by atoms with Gasteiger partial charge in [-0.3, -0.25) is 0 Å². The highest BCUT2D eigenvalue weighted by Crippen LogP contribution is 2.37. The number of hydrogen-bond donors (Lipinski definition) is 1. The van der Waals surface area contributed by atoms with Gasteiger partial charge in [0.05, 0.1) is 12.1 Å². The number of hydrogen-bond acceptors (Lipinski definition) is 4. The summed E-state index contributed by atoms with van der Waals surface area (Å²) in [6.07, 6.45) is 0. The van der Waals surface area contributed by atoms with Crippen LogP contribution in [0.15, 0.2) is 16.7 Å². The van der Waals surface area contributed by atoms with Crippen LogP contribution in [-0.4, -0.2) is 12.3 Å². The molecule has 2 aromatic rings. The Bertz CT molecular complexity index is 564. The van der Waals surface area contributed by atoms with Crippen LogP contribution in [0.2, 0.25) is 5.02 Å². The van der Waals surface area contributed by atoms with E-state index < -0.39 is 0 Å². The van der Waals surface area contributed by atoms with Crippen LogP contribution in [0.25, 0.3) is 11.3 Å². The maximum Gasteiger partial charge on any atom is 0.222 e. The lowest BCUT2D eigenvalue weighted by atomic mass is 9.99. The van der Waals surface area contributed by atoms with Crippen molar-refractivity contribution in [3.05, 3.63) is 28.3 Å². The van der Waals surface area contributed by atoms with Crippen molar-refractivity contribution in [2.24, 2.45) is 0 Å². The second-order valence-electron chi connectivity index (χ2n) is 3.82. The van der Waals surface area contributed by atoms with E-state index in [0.717, 1.165) is 16.7 Å². The van der Waals surface area contributed by atoms with Gasteiger partial charge in [-0.2, -0.15) is 0 Å². The zero-order chi connectivity index (χ0) is 12.6. The van der Waals surface area contributed by atoms with Crippen LogP contribution < -0.4 is 10.5 Å². The highest BCUT2D eigenvalue weighted by molar-refractivity contribution is 6.33. The van der Waals surface area contributed by atoms with Crippen LogP contribution in [0.5, 0.6) is 5.75 Å². The second kappa shape index (κ2) is 4.30. The normalized spacial score (nSPS) is 10.6. The van der Waals surface area contributed by atoms with E-state index in [2.05, 4.69) is 5.16 Å². The van der Waals surface area contributed by atoms with E-state index in [1.165, 1.54) is 0 Å². The highest BCUT2D eigenvalue weighted by atomic mass is 35.5. The smallest absolute Gasteiger partial charge is 0.222 e. The zero-order valence-electron chi connectivity index (χ0n) is 9.87. The summed E-state index contributed by atoms with van der Waals surface area (Å²) in [6, 6.07) is 3.55. The molecule has 1 heterocycles. The minimum Gasteiger partial charge on any atom is -0.495 e. The first kappa shape index (κ1) is 11.8. The Kier molecular flexibility index (Phi) is 2.98. The molecule has 4 nitrogen and oxygen atoms in total. The Hall–Kier alpha value is -1.68. The van der Waals surface area contributed by atoms with Gasteiger partial charge in [0, 0.05) is 11.6 Å². The Labute approximate surface area is 104 Å². The van der Waals surface area contributed by atoms with Crippen molar-refractivity contribution in [1.29, 1.82) is 0 Å². The van der Waals surface area contributed by atoms with E-state index in [-0.39, 0.29) is 5.88 Å². The summed E-state index contributed by atoms with van der Waals surface area (Å²) in [4.78, 5) is 0. The number of nitrogens with two attached hydrogens (primary N) is 1. The number of aryl methyl sites for hydroxylation is 1. The summed E-state index contributed by atoms with van der Waals surface area (Å²) < 4.78 is 10.1. The molecule has 2 rings (SSSR count). The van der Waals surface area contributed by atoms with Gasteiger partial charge in [-0.15, -0.1) is 0 Å². The fraction of sp³-hybridized carbons (Fsp3) is 0.250. The van der Waals surface area contributed by atoms with Crippen molar-refractivity contribution in [1.82, 2.24) is 5.16 Å². The summed E-state index contributed by atoms with van der Waals surface area (Å²) in [5, 5.41) is 4.48. The van der Waals surface area contributed by atoms with E-state index in [9.17, 15) is 0 Å². The molecule has 0 bridgehead atoms. The van der Waals surface area contributed by atoms with Crippen LogP contribution in [0.3, 0.4) is 0 Å². The standard InChI is InChI=1S/C12H13ClN2O2/c1-6-4-9(16-3)12(13)7(2)11(6)8-5-10(14)17-15-8/h4-5H,14H2,1-3H3. The Morgan fingerprint density at radius 1 is 1.35 bits per heavy atom. The molecule has 0 atom stereocenters. The SMILES string of the molecule is COc1cc(C)c(-c2cc(N)on2)c(C)c1Cl. The van der Waals surface area contributed by atoms with Crippen LogP contribution >= 0.6 is 11.6 Å². The van der Waals surface area contributed by atoms with Crippen LogP contribution in [0, 0.1) is 13.8 Å². The van der Waals surface area contributed by atoms with Crippen molar-refractivity contribution >= 4 is 17.5 Å². The lowest BCUT2D eigenvalue weighted by Crippen LogP contribution is -1.94. The predicted molar refractivity (Wildman–Crippen MR) is 67.4 cm³/mol. The van der Waals surface area contributed by atoms with E-state index in [4.69, 9.17) is 26.6 Å². The number of halogens is 1. The lowest BCUT2D eigenvalue weighted by molar-refractivity contribution is 0.414. The van der Waals surface area contributed by atoms with E-state index in [0.29, 0.717) is 16.5 Å². The number of methoxy groups -OCH3 is 1. The topological polar surface area (TPSA) is 61.3 Å². The molecule has 0 aliphatic rings. The van der Waals surface area contributed by atoms with Gasteiger partial charge in [0.15, 0.2) is 0 Å². The Morgan fingerprint density at radius 3 is 2.59 bits per heavy atom. The molecule has 90 valence electrons. The number of aromatic nitrogens is 1. The molecule has 0 saturated carbocycles. The molecular formula is C12H13ClN2O2. The molecule has 1 aromatic heterocycles. The third-order valence-electron chi connectivity index (χ3n) is 2.67. The molecule has 0 spiro atoms. The molecule has 0 aliphatic carbocycles. The number of ether oxygens (including phenoxy) is 1. The van der Waals surface area contributed by atoms with Gasteiger partial charge in [0.1, 0.15) is 11.4 Å². The van der Waals surface area contributed by atoms with E-state index in [1.807, 2.05) is 19.9 Å². The Balaban J connectivity index is 2.66. The van der Waals surface area contributed by atoms with Gasteiger partial charge in [0.25, 0.3) is 0 Å². The third-order valence-corrected chi connectivity index (χ3v) is 3.14. The average Bonchev–Trinajstić information content (AvgIpc) is 2.70. The van der Waals surface area contributed by atoms with Crippen molar-refractivity contribution in [3.63, 3.8) is 0 Å². The molecule has 0 fully saturated rings. The fourth-order valence-electron chi connectivity index (χ4n) is 1.87. The van der Waals surface area contributed by atoms with Crippen molar-refractivity contribution in [2.75, 3.05) is 12.8 Å². The van der Waals surface area contributed by atoms with Crippen LogP contribution in [-0.2, 0) is 0 Å². The Morgan fingerprint density at radius 2 is 2.06 bits per heavy atom. The molecule has 0 saturated heterocycles. The first-order chi connectivity index (χ1) is 8.04. The molecule has 1 aromatic carbocycles. The number of benzene rings is 1. The quantitative estimate of drug-likeness (QED) is 0.892. The zero-order valence-corrected chi connectivity index (χ0v) is 10.6. The largest absolute Gasteiger partial charge is 0.495 e. The molecule has 0 radical (unpaired) electrons. The van der Waals surface area contributed by atoms with Gasteiger partial charge in [0.2, 0.25) is 5.88 Å². The molecule has 5 heteroatoms. The first-order valence-corrected chi connectivity index (χ1v) is 5.48. The fourth-order valence-corrected chi connectivity index (χ4v) is 2.10. The number of rotatable bonds is 2. The summed E-state index contributed by atoms with van der Waals surface area (Å²) in [5.74, 6) is 0.938. The number of nitrogen functional groups attached to an aromatic ring is 1. The molecule has 0 amide bonds. The molecule has 0 aliphatic heterocycles. The van der Waals surface area contributed by atoms with Crippen molar-refractivity contribution in [3.8, 4) is 17.0 Å². The molecular weight excluding hydrogens is 240 g/mol. The third kappa shape index (κ3) is 1.96. The minimum atomic E-state index is 0.283. The molecule has 0 unspecified atom stereocenters. The highest BCUT2D eigenvalue weighted by Gasteiger charge is 2.16. The summed E-state index contributed by atoms with van der Waals surface area (Å²) in [6.45, 7) is 3.88. The monoisotopic (exact) mass is 252 g/mol. The summed E-state index contributed by atoms with van der Waals surface area (Å²) in [7, 11) is 1.59. The van der Waals surface area contributed by atoms with Gasteiger partial charge in [-0.05, 0) is 31.0 Å². The van der Waals surface area contributed by atoms with Crippen molar-refractivity contribution in [2.45, 2.75) is 13.8 Å². The predicted octanol–water partition coefficient (Wildman–Crippen LogP) is 3.20. The first-order valence-electron chi connectivity index (χ1n) is 5.11. The summed E-state index contributed by atoms with van der Waals surface area (Å²) in [5.41, 5.74) is 9.04. The van der Waals surface area contributed by atoms with Gasteiger partial charge in [-0.25, -0.2) is 0 Å². The van der Waals surface area contributed by atoms with E-state index >= 15 is 0 Å². The summed E-state index contributed by atoms with van der Waals surface area (Å²) >= 11 is 6.21. The minimum absolute atomic E-state index is 0.283. The number of anilines is 1. The maximum atomic E-state index is 6.21. The van der Waals surface area contributed by atoms with Gasteiger partial charge in [-0.1, -0.05) is 16.8 Å². The van der Waals surface area contributed by atoms with Crippen LogP contribution in [0.4, 0.5) is 5.88 Å². The van der Waals surface area contributed by atoms with Crippen LogP contribution in [0.1, 0.15) is 11.1 Å². The molecule has 17 heavy (non-hydrogen) atoms. The van der Waals surface area contributed by atoms with Gasteiger partial charge < -0.3 is 15.0 Å². The van der Waals surface area contributed by atoms with Crippen molar-refractivity contribution < 1.29 is 9.26 Å². The van der Waals surface area contributed by atoms with E-state index in [1.54, 1.807) is 13.2 Å². The molecule has 2 N–H and O–H groups in total. The van der Waals surface area contributed by atoms with Gasteiger partial charge >= 0.3 is 0 Å². The lowest BCUT2D eigenvalue weighted by Gasteiger charge is -2.12.